The van der Waals surface area contributed by atoms with E-state index in [4.69, 9.17) is 9.47 Å². The minimum Gasteiger partial charge on any atom is -0.493 e. The lowest BCUT2D eigenvalue weighted by Crippen LogP contribution is -2.27. The molecule has 0 N–H and O–H groups in total. The molecule has 4 nitrogen and oxygen atoms in total. The highest BCUT2D eigenvalue weighted by Gasteiger charge is 2.18. The van der Waals surface area contributed by atoms with Crippen molar-refractivity contribution < 1.29 is 14.3 Å². The largest absolute Gasteiger partial charge is 0.493 e. The predicted octanol–water partition coefficient (Wildman–Crippen LogP) is 3.02. The van der Waals surface area contributed by atoms with Crippen LogP contribution >= 0.6 is 0 Å². The van der Waals surface area contributed by atoms with E-state index in [9.17, 15) is 4.79 Å². The second-order valence-corrected chi connectivity index (χ2v) is 4.96. The average Bonchev–Trinajstić information content (AvgIpc) is 2.98. The van der Waals surface area contributed by atoms with E-state index >= 15 is 0 Å². The lowest BCUT2D eigenvalue weighted by atomic mass is 10.0. The Hall–Kier alpha value is -1.97. The third kappa shape index (κ3) is 3.13. The van der Waals surface area contributed by atoms with Crippen LogP contribution in [0.3, 0.4) is 0 Å². The van der Waals surface area contributed by atoms with E-state index < -0.39 is 0 Å². The average molecular weight is 275 g/mol. The molecule has 20 heavy (non-hydrogen) atoms. The molecule has 0 heterocycles. The number of hydrogen-bond acceptors (Lipinski definition) is 3. The van der Waals surface area contributed by atoms with Gasteiger partial charge in [-0.25, -0.2) is 0 Å². The first kappa shape index (κ1) is 14.4. The summed E-state index contributed by atoms with van der Waals surface area (Å²) in [6, 6.07) is 5.50. The first-order chi connectivity index (χ1) is 9.65. The van der Waals surface area contributed by atoms with Crippen LogP contribution in [0.5, 0.6) is 11.5 Å². The monoisotopic (exact) mass is 275 g/mol. The Morgan fingerprint density at radius 1 is 1.30 bits per heavy atom. The van der Waals surface area contributed by atoms with Crippen molar-refractivity contribution in [1.82, 2.24) is 0 Å². The van der Waals surface area contributed by atoms with Crippen molar-refractivity contribution in [2.45, 2.75) is 19.3 Å². The van der Waals surface area contributed by atoms with Crippen molar-refractivity contribution in [2.24, 2.45) is 5.92 Å². The zero-order valence-corrected chi connectivity index (χ0v) is 12.3. The van der Waals surface area contributed by atoms with Crippen LogP contribution in [-0.4, -0.2) is 27.2 Å². The third-order valence-corrected chi connectivity index (χ3v) is 3.68. The lowest BCUT2D eigenvalue weighted by Gasteiger charge is -2.20. The summed E-state index contributed by atoms with van der Waals surface area (Å²) in [6.45, 7) is 0. The molecule has 4 heteroatoms. The number of ether oxygens (including phenoxy) is 2. The van der Waals surface area contributed by atoms with Gasteiger partial charge in [-0.3, -0.25) is 4.79 Å². The normalized spacial score (nSPS) is 17.1. The van der Waals surface area contributed by atoms with Gasteiger partial charge in [-0.2, -0.15) is 0 Å². The van der Waals surface area contributed by atoms with E-state index in [0.29, 0.717) is 23.8 Å². The SMILES string of the molecule is COc1ccc(N(C)C(=O)C[C@@H]2C=CCC2)cc1OC. The highest BCUT2D eigenvalue weighted by atomic mass is 16.5. The molecule has 0 fully saturated rings. The molecule has 1 aliphatic rings. The van der Waals surface area contributed by atoms with Gasteiger partial charge in [-0.15, -0.1) is 0 Å². The van der Waals surface area contributed by atoms with Gasteiger partial charge in [0.25, 0.3) is 0 Å². The molecule has 0 saturated carbocycles. The van der Waals surface area contributed by atoms with Gasteiger partial charge in [0.15, 0.2) is 11.5 Å². The fraction of sp³-hybridized carbons (Fsp3) is 0.438. The fourth-order valence-electron chi connectivity index (χ4n) is 2.40. The van der Waals surface area contributed by atoms with E-state index in [-0.39, 0.29) is 5.91 Å². The van der Waals surface area contributed by atoms with Crippen molar-refractivity contribution in [3.05, 3.63) is 30.4 Å². The standard InChI is InChI=1S/C16H21NO3/c1-17(16(18)10-12-6-4-5-7-12)13-8-9-14(19-2)15(11-13)20-3/h4,6,8-9,11-12H,5,7,10H2,1-3H3/t12-/m1/s1. The molecule has 1 aromatic rings. The summed E-state index contributed by atoms with van der Waals surface area (Å²) in [4.78, 5) is 13.9. The predicted molar refractivity (Wildman–Crippen MR) is 79.4 cm³/mol. The molecule has 0 unspecified atom stereocenters. The highest BCUT2D eigenvalue weighted by Crippen LogP contribution is 2.31. The zero-order valence-electron chi connectivity index (χ0n) is 12.3. The number of benzene rings is 1. The van der Waals surface area contributed by atoms with Gasteiger partial charge >= 0.3 is 0 Å². The van der Waals surface area contributed by atoms with Crippen molar-refractivity contribution in [2.75, 3.05) is 26.2 Å². The van der Waals surface area contributed by atoms with Gasteiger partial charge in [-0.1, -0.05) is 12.2 Å². The number of methoxy groups -OCH3 is 2. The first-order valence-electron chi connectivity index (χ1n) is 6.81. The Balaban J connectivity index is 2.09. The van der Waals surface area contributed by atoms with Crippen molar-refractivity contribution in [3.63, 3.8) is 0 Å². The van der Waals surface area contributed by atoms with Gasteiger partial charge in [0.05, 0.1) is 14.2 Å². The quantitative estimate of drug-likeness (QED) is 0.775. The molecular formula is C16H21NO3. The van der Waals surface area contributed by atoms with E-state index in [1.807, 2.05) is 18.2 Å². The zero-order chi connectivity index (χ0) is 14.5. The molecule has 1 amide bonds. The second-order valence-electron chi connectivity index (χ2n) is 4.96. The van der Waals surface area contributed by atoms with Crippen LogP contribution in [0.1, 0.15) is 19.3 Å². The number of amides is 1. The van der Waals surface area contributed by atoms with Crippen LogP contribution in [0.15, 0.2) is 30.4 Å². The Kier molecular flexibility index (Phi) is 4.66. The molecule has 0 aliphatic heterocycles. The summed E-state index contributed by atoms with van der Waals surface area (Å²) in [5.41, 5.74) is 0.814. The smallest absolute Gasteiger partial charge is 0.227 e. The van der Waals surface area contributed by atoms with Gasteiger partial charge in [0, 0.05) is 25.2 Å². The van der Waals surface area contributed by atoms with E-state index in [1.54, 1.807) is 26.2 Å². The van der Waals surface area contributed by atoms with Crippen molar-refractivity contribution in [1.29, 1.82) is 0 Å². The van der Waals surface area contributed by atoms with Crippen LogP contribution < -0.4 is 14.4 Å². The number of nitrogens with zero attached hydrogens (tertiary/aromatic N) is 1. The molecule has 1 atom stereocenters. The molecule has 0 radical (unpaired) electrons. The van der Waals surface area contributed by atoms with Gasteiger partial charge < -0.3 is 14.4 Å². The minimum absolute atomic E-state index is 0.119. The number of hydrogen-bond donors (Lipinski definition) is 0. The molecule has 0 spiro atoms. The molecule has 0 saturated heterocycles. The maximum absolute atomic E-state index is 12.3. The van der Waals surface area contributed by atoms with Crippen LogP contribution in [0.2, 0.25) is 0 Å². The number of carbonyl (C=O) groups excluding carboxylic acids is 1. The van der Waals surface area contributed by atoms with Crippen LogP contribution in [0, 0.1) is 5.92 Å². The highest BCUT2D eigenvalue weighted by molar-refractivity contribution is 5.93. The Morgan fingerprint density at radius 3 is 2.65 bits per heavy atom. The van der Waals surface area contributed by atoms with Crippen LogP contribution in [0.4, 0.5) is 5.69 Å². The van der Waals surface area contributed by atoms with E-state index in [2.05, 4.69) is 12.2 Å². The summed E-state index contributed by atoms with van der Waals surface area (Å²) in [5.74, 6) is 1.79. The third-order valence-electron chi connectivity index (χ3n) is 3.68. The summed E-state index contributed by atoms with van der Waals surface area (Å²) >= 11 is 0. The number of rotatable bonds is 5. The number of allylic oxidation sites excluding steroid dienone is 2. The topological polar surface area (TPSA) is 38.8 Å². The van der Waals surface area contributed by atoms with E-state index in [0.717, 1.165) is 18.5 Å². The molecule has 1 aliphatic carbocycles. The van der Waals surface area contributed by atoms with Gasteiger partial charge in [0.1, 0.15) is 0 Å². The number of anilines is 1. The Labute approximate surface area is 120 Å². The summed E-state index contributed by atoms with van der Waals surface area (Å²) in [6.07, 6.45) is 7.00. The molecule has 0 bridgehead atoms. The van der Waals surface area contributed by atoms with Crippen molar-refractivity contribution in [3.8, 4) is 11.5 Å². The Morgan fingerprint density at radius 2 is 2.05 bits per heavy atom. The van der Waals surface area contributed by atoms with Crippen LogP contribution in [-0.2, 0) is 4.79 Å². The number of carbonyl (C=O) groups is 1. The van der Waals surface area contributed by atoms with Crippen LogP contribution in [0.25, 0.3) is 0 Å². The van der Waals surface area contributed by atoms with E-state index in [1.165, 1.54) is 0 Å². The van der Waals surface area contributed by atoms with Crippen molar-refractivity contribution >= 4 is 11.6 Å². The Bertz CT molecular complexity index is 510. The summed E-state index contributed by atoms with van der Waals surface area (Å²) < 4.78 is 10.5. The fourth-order valence-corrected chi connectivity index (χ4v) is 2.40. The maximum Gasteiger partial charge on any atom is 0.227 e. The lowest BCUT2D eigenvalue weighted by molar-refractivity contribution is -0.118. The maximum atomic E-state index is 12.3. The molecular weight excluding hydrogens is 254 g/mol. The van der Waals surface area contributed by atoms with Gasteiger partial charge in [0.2, 0.25) is 5.91 Å². The minimum atomic E-state index is 0.119. The first-order valence-corrected chi connectivity index (χ1v) is 6.81. The second kappa shape index (κ2) is 6.46. The van der Waals surface area contributed by atoms with Gasteiger partial charge in [-0.05, 0) is 30.9 Å². The summed E-state index contributed by atoms with van der Waals surface area (Å²) in [7, 11) is 4.98. The molecule has 0 aromatic heterocycles. The molecule has 2 rings (SSSR count). The molecule has 1 aromatic carbocycles. The molecule has 108 valence electrons. The summed E-state index contributed by atoms with van der Waals surface area (Å²) in [5, 5.41) is 0.